The second-order valence-electron chi connectivity index (χ2n) is 7.49. The minimum atomic E-state index is -0.122. The second-order valence-corrected chi connectivity index (χ2v) is 7.49. The summed E-state index contributed by atoms with van der Waals surface area (Å²) in [4.78, 5) is 2.01. The SMILES string of the molecule is CN(CCOCc1ccccc1)C1=C(C#N)C(=C(C#N)C#N)CC(C)(C)C1. The highest BCUT2D eigenvalue weighted by Crippen LogP contribution is 2.43. The van der Waals surface area contributed by atoms with E-state index in [1.165, 1.54) is 0 Å². The number of nitriles is 3. The molecule has 5 heteroatoms. The lowest BCUT2D eigenvalue weighted by molar-refractivity contribution is 0.104. The van der Waals surface area contributed by atoms with Gasteiger partial charge in [0.25, 0.3) is 0 Å². The zero-order valence-corrected chi connectivity index (χ0v) is 16.1. The quantitative estimate of drug-likeness (QED) is 0.564. The van der Waals surface area contributed by atoms with Crippen LogP contribution in [0.5, 0.6) is 0 Å². The van der Waals surface area contributed by atoms with E-state index in [0.29, 0.717) is 37.3 Å². The Morgan fingerprint density at radius 3 is 2.37 bits per heavy atom. The van der Waals surface area contributed by atoms with Gasteiger partial charge >= 0.3 is 0 Å². The van der Waals surface area contributed by atoms with Gasteiger partial charge in [0.2, 0.25) is 0 Å². The van der Waals surface area contributed by atoms with Crippen LogP contribution in [-0.4, -0.2) is 25.1 Å². The molecule has 0 aliphatic heterocycles. The Morgan fingerprint density at radius 1 is 1.11 bits per heavy atom. The predicted molar refractivity (Wildman–Crippen MR) is 103 cm³/mol. The lowest BCUT2D eigenvalue weighted by Gasteiger charge is -2.37. The van der Waals surface area contributed by atoms with E-state index in [9.17, 15) is 15.8 Å². The molecule has 138 valence electrons. The van der Waals surface area contributed by atoms with E-state index >= 15 is 0 Å². The number of hydrogen-bond donors (Lipinski definition) is 0. The van der Waals surface area contributed by atoms with Gasteiger partial charge in [-0.1, -0.05) is 44.2 Å². The molecule has 5 nitrogen and oxygen atoms in total. The van der Waals surface area contributed by atoms with Gasteiger partial charge in [0.05, 0.1) is 18.8 Å². The minimum absolute atomic E-state index is 0.0329. The molecule has 0 saturated carbocycles. The van der Waals surface area contributed by atoms with Crippen LogP contribution in [0.1, 0.15) is 32.3 Å². The molecule has 0 amide bonds. The lowest BCUT2D eigenvalue weighted by atomic mass is 9.72. The first kappa shape index (κ1) is 20.2. The summed E-state index contributed by atoms with van der Waals surface area (Å²) in [6.45, 7) is 5.88. The van der Waals surface area contributed by atoms with E-state index in [0.717, 1.165) is 17.7 Å². The summed E-state index contributed by atoms with van der Waals surface area (Å²) in [5.74, 6) is 0. The van der Waals surface area contributed by atoms with Crippen LogP contribution in [0.4, 0.5) is 0 Å². The Kier molecular flexibility index (Phi) is 6.78. The smallest absolute Gasteiger partial charge is 0.134 e. The molecule has 2 rings (SSSR count). The molecule has 0 bridgehead atoms. The van der Waals surface area contributed by atoms with Gasteiger partial charge in [0, 0.05) is 24.9 Å². The van der Waals surface area contributed by atoms with Gasteiger partial charge in [-0.05, 0) is 23.8 Å². The van der Waals surface area contributed by atoms with Crippen molar-refractivity contribution in [2.75, 3.05) is 20.2 Å². The fourth-order valence-electron chi connectivity index (χ4n) is 3.28. The van der Waals surface area contributed by atoms with Crippen LogP contribution in [0.25, 0.3) is 0 Å². The van der Waals surface area contributed by atoms with Crippen molar-refractivity contribution >= 4 is 0 Å². The van der Waals surface area contributed by atoms with Crippen LogP contribution in [0.2, 0.25) is 0 Å². The number of hydrogen-bond acceptors (Lipinski definition) is 5. The molecule has 0 fully saturated rings. The fourth-order valence-corrected chi connectivity index (χ4v) is 3.28. The molecule has 1 aliphatic rings. The summed E-state index contributed by atoms with van der Waals surface area (Å²) < 4.78 is 5.75. The summed E-state index contributed by atoms with van der Waals surface area (Å²) in [5, 5.41) is 28.2. The highest BCUT2D eigenvalue weighted by Gasteiger charge is 2.34. The molecule has 1 aromatic rings. The maximum absolute atomic E-state index is 9.69. The van der Waals surface area contributed by atoms with Crippen molar-refractivity contribution in [3.8, 4) is 18.2 Å². The normalized spacial score (nSPS) is 15.5. The van der Waals surface area contributed by atoms with Crippen molar-refractivity contribution in [3.05, 3.63) is 58.3 Å². The zero-order chi connectivity index (χ0) is 19.9. The van der Waals surface area contributed by atoms with Crippen LogP contribution in [0.3, 0.4) is 0 Å². The third-order valence-corrected chi connectivity index (χ3v) is 4.67. The van der Waals surface area contributed by atoms with E-state index < -0.39 is 0 Å². The summed E-state index contributed by atoms with van der Waals surface area (Å²) in [6, 6.07) is 16.1. The molecule has 0 radical (unpaired) electrons. The molecule has 1 aromatic carbocycles. The third kappa shape index (κ3) is 5.20. The Morgan fingerprint density at radius 2 is 1.78 bits per heavy atom. The van der Waals surface area contributed by atoms with Gasteiger partial charge in [0.1, 0.15) is 23.8 Å². The first-order chi connectivity index (χ1) is 12.9. The molecule has 0 aromatic heterocycles. The van der Waals surface area contributed by atoms with Crippen molar-refractivity contribution in [3.63, 3.8) is 0 Å². The minimum Gasteiger partial charge on any atom is -0.375 e. The van der Waals surface area contributed by atoms with Crippen LogP contribution >= 0.6 is 0 Å². The first-order valence-electron chi connectivity index (χ1n) is 8.91. The van der Waals surface area contributed by atoms with Gasteiger partial charge in [-0.2, -0.15) is 15.8 Å². The number of allylic oxidation sites excluding steroid dienone is 4. The Bertz CT molecular complexity index is 844. The van der Waals surface area contributed by atoms with Crippen LogP contribution in [0, 0.1) is 39.4 Å². The number of benzene rings is 1. The average Bonchev–Trinajstić information content (AvgIpc) is 2.66. The van der Waals surface area contributed by atoms with Crippen LogP contribution in [-0.2, 0) is 11.3 Å². The molecule has 0 heterocycles. The maximum atomic E-state index is 9.69. The lowest BCUT2D eigenvalue weighted by Crippen LogP contribution is -2.31. The van der Waals surface area contributed by atoms with E-state index in [1.54, 1.807) is 0 Å². The Balaban J connectivity index is 2.15. The number of rotatable bonds is 6. The van der Waals surface area contributed by atoms with E-state index in [4.69, 9.17) is 4.74 Å². The van der Waals surface area contributed by atoms with E-state index in [-0.39, 0.29) is 11.0 Å². The average molecular weight is 360 g/mol. The zero-order valence-electron chi connectivity index (χ0n) is 16.1. The van der Waals surface area contributed by atoms with Gasteiger partial charge in [-0.15, -0.1) is 0 Å². The topological polar surface area (TPSA) is 83.8 Å². The molecule has 0 atom stereocenters. The maximum Gasteiger partial charge on any atom is 0.134 e. The van der Waals surface area contributed by atoms with Gasteiger partial charge in [-0.3, -0.25) is 0 Å². The Labute approximate surface area is 161 Å². The predicted octanol–water partition coefficient (Wildman–Crippen LogP) is 4.08. The van der Waals surface area contributed by atoms with Gasteiger partial charge in [0.15, 0.2) is 0 Å². The highest BCUT2D eigenvalue weighted by molar-refractivity contribution is 5.57. The summed E-state index contributed by atoms with van der Waals surface area (Å²) in [5.41, 5.74) is 2.92. The number of ether oxygens (including phenoxy) is 1. The molecule has 1 aliphatic carbocycles. The molecule has 0 spiro atoms. The molecule has 0 N–H and O–H groups in total. The summed E-state index contributed by atoms with van der Waals surface area (Å²) in [6.07, 6.45) is 1.27. The molecular weight excluding hydrogens is 336 g/mol. The number of nitrogens with zero attached hydrogens (tertiary/aromatic N) is 4. The first-order valence-corrected chi connectivity index (χ1v) is 8.91. The van der Waals surface area contributed by atoms with Crippen molar-refractivity contribution < 1.29 is 4.74 Å². The van der Waals surface area contributed by atoms with Crippen molar-refractivity contribution in [1.82, 2.24) is 4.90 Å². The fraction of sp³-hybridized carbons (Fsp3) is 0.409. The standard InChI is InChI=1S/C22H24N4O/c1-22(2)11-19(18(13-23)14-24)20(15-25)21(12-22)26(3)9-10-27-16-17-7-5-4-6-8-17/h4-8H,9-12,16H2,1-3H3. The molecule has 0 unspecified atom stereocenters. The summed E-state index contributed by atoms with van der Waals surface area (Å²) in [7, 11) is 1.93. The highest BCUT2D eigenvalue weighted by atomic mass is 16.5. The van der Waals surface area contributed by atoms with E-state index in [2.05, 4.69) is 19.9 Å². The van der Waals surface area contributed by atoms with Crippen molar-refractivity contribution in [2.24, 2.45) is 5.41 Å². The second kappa shape index (κ2) is 9.04. The van der Waals surface area contributed by atoms with Gasteiger partial charge < -0.3 is 9.64 Å². The van der Waals surface area contributed by atoms with Crippen molar-refractivity contribution in [2.45, 2.75) is 33.3 Å². The molecule has 0 saturated heterocycles. The van der Waals surface area contributed by atoms with Gasteiger partial charge in [-0.25, -0.2) is 0 Å². The van der Waals surface area contributed by atoms with Crippen molar-refractivity contribution in [1.29, 1.82) is 15.8 Å². The monoisotopic (exact) mass is 360 g/mol. The van der Waals surface area contributed by atoms with Crippen LogP contribution in [0.15, 0.2) is 52.7 Å². The largest absolute Gasteiger partial charge is 0.375 e. The van der Waals surface area contributed by atoms with E-state index in [1.807, 2.05) is 54.4 Å². The molecular formula is C22H24N4O. The summed E-state index contributed by atoms with van der Waals surface area (Å²) >= 11 is 0. The number of likely N-dealkylation sites (N-methyl/N-ethyl adjacent to an activating group) is 1. The Hall–Kier alpha value is -3.07. The molecule has 27 heavy (non-hydrogen) atoms. The van der Waals surface area contributed by atoms with Crippen LogP contribution < -0.4 is 0 Å². The third-order valence-electron chi connectivity index (χ3n) is 4.67.